The molecule has 0 bridgehead atoms. The predicted octanol–water partition coefficient (Wildman–Crippen LogP) is 7.65. The molecule has 5 heteroatoms. The molecular weight excluding hydrogens is 413 g/mol. The van der Waals surface area contributed by atoms with Gasteiger partial charge in [-0.1, -0.05) is 37.6 Å². The second kappa shape index (κ2) is 44.5. The summed E-state index contributed by atoms with van der Waals surface area (Å²) in [7, 11) is 1.86. The molecule has 0 amide bonds. The van der Waals surface area contributed by atoms with Gasteiger partial charge in [-0.25, -0.2) is 12.2 Å². The fourth-order valence-corrected chi connectivity index (χ4v) is 1.39. The SMILES string of the molecule is CCCCc1ccc([NH-])cc1.Cl.Cl.[C-]1=CC=CC1.[CH3-].[CH3-].[CH3-].[CH3-].[CH3-].[CH3-].[SiH2]=[Ti]. The van der Waals surface area contributed by atoms with E-state index in [1.165, 1.54) is 18.4 Å². The summed E-state index contributed by atoms with van der Waals surface area (Å²) < 4.78 is 0. The normalized spacial score (nSPS) is 7.69. The molecule has 0 atom stereocenters. The summed E-state index contributed by atoms with van der Waals surface area (Å²) >= 11 is 2.03. The van der Waals surface area contributed by atoms with Gasteiger partial charge in [0, 0.05) is 0 Å². The van der Waals surface area contributed by atoms with Crippen molar-refractivity contribution in [1.29, 1.82) is 0 Å². The summed E-state index contributed by atoms with van der Waals surface area (Å²) in [5, 5.41) is 0. The monoisotopic (exact) mass is 453 g/mol. The molecule has 1 N–H and O–H groups in total. The van der Waals surface area contributed by atoms with Crippen LogP contribution >= 0.6 is 24.8 Å². The van der Waals surface area contributed by atoms with Gasteiger partial charge in [0.1, 0.15) is 0 Å². The zero-order valence-corrected chi connectivity index (χ0v) is 22.5. The Bertz CT molecular complexity index is 359. The van der Waals surface area contributed by atoms with Gasteiger partial charge in [-0.3, -0.25) is 6.08 Å². The van der Waals surface area contributed by atoms with E-state index in [1.54, 1.807) is 0 Å². The minimum atomic E-state index is 0. The van der Waals surface area contributed by atoms with Crippen molar-refractivity contribution in [2.24, 2.45) is 0 Å². The average Bonchev–Trinajstić information content (AvgIpc) is 3.00. The van der Waals surface area contributed by atoms with E-state index in [1.807, 2.05) is 63.2 Å². The van der Waals surface area contributed by atoms with Crippen LogP contribution in [0.5, 0.6) is 0 Å². The molecule has 0 unspecified atom stereocenters. The molecule has 1 aliphatic carbocycles. The molecule has 2 rings (SSSR count). The zero-order valence-electron chi connectivity index (χ0n) is 17.9. The quantitative estimate of drug-likeness (QED) is 0.331. The molecule has 0 aliphatic heterocycles. The summed E-state index contributed by atoms with van der Waals surface area (Å²) in [5.41, 5.74) is 9.22. The van der Waals surface area contributed by atoms with E-state index in [9.17, 15) is 0 Å². The molecule has 0 radical (unpaired) electrons. The molecule has 0 spiro atoms. The fourth-order valence-electron chi connectivity index (χ4n) is 1.39. The van der Waals surface area contributed by atoms with E-state index in [0.717, 1.165) is 12.8 Å². The molecule has 0 saturated carbocycles. The first kappa shape index (κ1) is 56.2. The number of benzene rings is 1. The van der Waals surface area contributed by atoms with Crippen molar-refractivity contribution in [3.8, 4) is 0 Å². The number of unbranched alkanes of at least 4 members (excludes halogenated alkanes) is 1. The molecule has 160 valence electrons. The molecular formula is C21H41Cl2NSiTi-8. The third-order valence-corrected chi connectivity index (χ3v) is 2.36. The van der Waals surface area contributed by atoms with Crippen LogP contribution in [0.2, 0.25) is 0 Å². The van der Waals surface area contributed by atoms with Crippen molar-refractivity contribution in [2.45, 2.75) is 32.6 Å². The van der Waals surface area contributed by atoms with Crippen molar-refractivity contribution in [1.82, 2.24) is 0 Å². The molecule has 1 aromatic carbocycles. The second-order valence-electron chi connectivity index (χ2n) is 3.80. The van der Waals surface area contributed by atoms with Crippen molar-refractivity contribution >= 4 is 38.1 Å². The average molecular weight is 454 g/mol. The Labute approximate surface area is 193 Å². The third-order valence-electron chi connectivity index (χ3n) is 2.36. The molecule has 26 heavy (non-hydrogen) atoms. The van der Waals surface area contributed by atoms with Gasteiger partial charge in [0.15, 0.2) is 0 Å². The zero-order chi connectivity index (χ0) is 13.6. The molecule has 0 fully saturated rings. The van der Waals surface area contributed by atoms with Gasteiger partial charge in [-0.05, 0) is 18.4 Å². The summed E-state index contributed by atoms with van der Waals surface area (Å²) in [6.07, 6.45) is 13.6. The van der Waals surface area contributed by atoms with Crippen molar-refractivity contribution in [3.05, 3.63) is 104 Å². The topological polar surface area (TPSA) is 23.8 Å². The maximum atomic E-state index is 7.27. The molecule has 1 aromatic rings. The molecule has 1 aliphatic rings. The Morgan fingerprint density at radius 2 is 1.42 bits per heavy atom. The predicted molar refractivity (Wildman–Crippen MR) is 132 cm³/mol. The Hall–Kier alpha value is 0.0112. The number of nitrogens with one attached hydrogen (secondary N) is 1. The maximum absolute atomic E-state index is 7.27. The molecule has 0 heterocycles. The van der Waals surface area contributed by atoms with Crippen LogP contribution in [0.1, 0.15) is 31.7 Å². The van der Waals surface area contributed by atoms with Crippen LogP contribution in [-0.2, 0) is 25.6 Å². The number of aryl methyl sites for hydroxylation is 1. The van der Waals surface area contributed by atoms with Crippen LogP contribution < -0.4 is 0 Å². The standard InChI is InChI=1S/C10H14N.C5H5.6CH3.2ClH.H2Si.Ti/c1-2-3-4-9-5-7-10(11)8-6-9;1-2-4-5-3-1;;;;;;;;;;/h5-8,11H,2-4H2,1H3;1-3H,4H2;6*1H3;2*1H;1H2;/q8*-1;;;;. The summed E-state index contributed by atoms with van der Waals surface area (Å²) in [5.74, 6) is 0. The first-order chi connectivity index (χ1) is 8.83. The van der Waals surface area contributed by atoms with E-state index in [0.29, 0.717) is 5.69 Å². The summed E-state index contributed by atoms with van der Waals surface area (Å²) in [6, 6.07) is 7.78. The van der Waals surface area contributed by atoms with Crippen LogP contribution in [0.3, 0.4) is 0 Å². The van der Waals surface area contributed by atoms with Crippen molar-refractivity contribution in [3.63, 3.8) is 0 Å². The van der Waals surface area contributed by atoms with Crippen molar-refractivity contribution in [2.75, 3.05) is 0 Å². The number of halogens is 2. The number of hydrogen-bond acceptors (Lipinski definition) is 0. The van der Waals surface area contributed by atoms with Gasteiger partial charge in [-0.2, -0.15) is 6.08 Å². The van der Waals surface area contributed by atoms with Gasteiger partial charge in [0.2, 0.25) is 0 Å². The number of rotatable bonds is 3. The molecule has 0 aromatic heterocycles. The fraction of sp³-hybridized carbons (Fsp3) is 0.238. The van der Waals surface area contributed by atoms with Crippen LogP contribution in [-0.4, -0.2) is 7.63 Å². The van der Waals surface area contributed by atoms with Gasteiger partial charge in [0.05, 0.1) is 0 Å². The Morgan fingerprint density at radius 1 is 0.962 bits per heavy atom. The number of allylic oxidation sites excluding steroid dienone is 4. The van der Waals surface area contributed by atoms with Gasteiger partial charge >= 0.3 is 26.8 Å². The van der Waals surface area contributed by atoms with E-state index >= 15 is 0 Å². The van der Waals surface area contributed by atoms with E-state index in [2.05, 4.69) is 19.1 Å². The molecule has 0 saturated heterocycles. The minimum absolute atomic E-state index is 0. The van der Waals surface area contributed by atoms with Crippen LogP contribution in [0.15, 0.2) is 42.5 Å². The van der Waals surface area contributed by atoms with Crippen molar-refractivity contribution < 1.29 is 19.2 Å². The first-order valence-corrected chi connectivity index (χ1v) is 10.2. The third kappa shape index (κ3) is 35.2. The van der Waals surface area contributed by atoms with Crippen LogP contribution in [0.4, 0.5) is 5.69 Å². The van der Waals surface area contributed by atoms with Gasteiger partial charge in [0.25, 0.3) is 0 Å². The Balaban J connectivity index is -0.0000000246. The van der Waals surface area contributed by atoms with E-state index < -0.39 is 0 Å². The van der Waals surface area contributed by atoms with E-state index in [4.69, 9.17) is 5.73 Å². The second-order valence-corrected chi connectivity index (χ2v) is 3.80. The summed E-state index contributed by atoms with van der Waals surface area (Å²) in [4.78, 5) is 0. The summed E-state index contributed by atoms with van der Waals surface area (Å²) in [6.45, 7) is 2.19. The van der Waals surface area contributed by atoms with Gasteiger partial charge < -0.3 is 50.3 Å². The Kier molecular flexibility index (Phi) is 96.1. The van der Waals surface area contributed by atoms with E-state index in [-0.39, 0.29) is 69.4 Å². The van der Waals surface area contributed by atoms with Crippen LogP contribution in [0, 0.1) is 50.6 Å². The molecule has 1 nitrogen and oxygen atoms in total. The first-order valence-electron chi connectivity index (χ1n) is 6.20. The van der Waals surface area contributed by atoms with Crippen LogP contribution in [0.25, 0.3) is 5.73 Å². The van der Waals surface area contributed by atoms with Gasteiger partial charge in [-0.15, -0.1) is 36.9 Å². The Morgan fingerprint density at radius 3 is 1.69 bits per heavy atom. The number of hydrogen-bond donors (Lipinski definition) is 0.